The average Bonchev–Trinajstić information content (AvgIpc) is 2.79. The van der Waals surface area contributed by atoms with E-state index in [1.165, 1.54) is 58.7 Å². The molecule has 0 heterocycles. The lowest BCUT2D eigenvalue weighted by Crippen LogP contribution is -2.13. The van der Waals surface area contributed by atoms with Crippen molar-refractivity contribution in [2.45, 2.75) is 64.7 Å². The van der Waals surface area contributed by atoms with Crippen LogP contribution in [-0.4, -0.2) is 6.61 Å². The Morgan fingerprint density at radius 2 is 1.83 bits per heavy atom. The van der Waals surface area contributed by atoms with Crippen molar-refractivity contribution in [2.75, 3.05) is 6.61 Å². The Bertz CT molecular complexity index is 1010. The van der Waals surface area contributed by atoms with Crippen LogP contribution in [0.2, 0.25) is 0 Å². The van der Waals surface area contributed by atoms with Crippen LogP contribution >= 0.6 is 0 Å². The van der Waals surface area contributed by atoms with Crippen molar-refractivity contribution < 1.29 is 4.74 Å². The predicted molar refractivity (Wildman–Crippen MR) is 129 cm³/mol. The van der Waals surface area contributed by atoms with Crippen molar-refractivity contribution >= 4 is 10.8 Å². The summed E-state index contributed by atoms with van der Waals surface area (Å²) in [5, 5.41) is 2.76. The van der Waals surface area contributed by atoms with Gasteiger partial charge in [0.15, 0.2) is 0 Å². The zero-order valence-corrected chi connectivity index (χ0v) is 18.5. The van der Waals surface area contributed by atoms with E-state index in [2.05, 4.69) is 80.6 Å². The van der Waals surface area contributed by atoms with Crippen molar-refractivity contribution in [1.82, 2.24) is 0 Å². The second-order valence-corrected chi connectivity index (χ2v) is 8.62. The molecule has 1 atom stereocenters. The van der Waals surface area contributed by atoms with Gasteiger partial charge in [0.05, 0.1) is 6.61 Å². The maximum atomic E-state index is 5.92. The molecule has 0 amide bonds. The van der Waals surface area contributed by atoms with E-state index in [0.29, 0.717) is 5.92 Å². The van der Waals surface area contributed by atoms with E-state index >= 15 is 0 Å². The largest absolute Gasteiger partial charge is 0.493 e. The molecule has 1 unspecified atom stereocenters. The fourth-order valence-electron chi connectivity index (χ4n) is 4.62. The Labute approximate surface area is 181 Å². The van der Waals surface area contributed by atoms with Crippen molar-refractivity contribution in [3.63, 3.8) is 0 Å². The van der Waals surface area contributed by atoms with E-state index < -0.39 is 0 Å². The van der Waals surface area contributed by atoms with E-state index in [9.17, 15) is 0 Å². The van der Waals surface area contributed by atoms with Gasteiger partial charge in [-0.05, 0) is 96.5 Å². The number of unbranched alkanes of at least 4 members (excludes halogenated alkanes) is 1. The normalized spacial score (nSPS) is 16.1. The first-order valence-corrected chi connectivity index (χ1v) is 11.6. The van der Waals surface area contributed by atoms with Gasteiger partial charge in [-0.1, -0.05) is 68.0 Å². The third-order valence-electron chi connectivity index (χ3n) is 6.41. The summed E-state index contributed by atoms with van der Waals surface area (Å²) < 4.78 is 5.92. The summed E-state index contributed by atoms with van der Waals surface area (Å²) in [4.78, 5) is 0. The van der Waals surface area contributed by atoms with E-state index in [1.54, 1.807) is 0 Å². The molecule has 0 radical (unpaired) electrons. The highest BCUT2D eigenvalue weighted by Crippen LogP contribution is 2.35. The number of rotatable bonds is 8. The quantitative estimate of drug-likeness (QED) is 0.278. The van der Waals surface area contributed by atoms with Crippen LogP contribution in [0.15, 0.2) is 66.7 Å². The van der Waals surface area contributed by atoms with Gasteiger partial charge in [0.25, 0.3) is 0 Å². The molecule has 1 nitrogen and oxygen atoms in total. The third-order valence-corrected chi connectivity index (χ3v) is 6.41. The second-order valence-electron chi connectivity index (χ2n) is 8.62. The number of aryl methyl sites for hydroxylation is 2. The molecule has 1 aliphatic rings. The van der Waals surface area contributed by atoms with Crippen molar-refractivity contribution in [3.05, 3.63) is 89.0 Å². The van der Waals surface area contributed by atoms with Gasteiger partial charge < -0.3 is 4.74 Å². The Hall–Kier alpha value is -2.54. The maximum absolute atomic E-state index is 5.92. The van der Waals surface area contributed by atoms with E-state index in [0.717, 1.165) is 31.6 Å². The standard InChI is InChI=1S/C29H34O/c1-3-5-7-17-30-29-16-15-27-20-26(13-14-28(27)21-29)25-12-11-23-18-22(8-6-4-2)9-10-24(23)19-25/h3,5,9-12,15-16,18-19,21,26H,4,6-8,13-14,17,20H2,1-2H3. The Kier molecular flexibility index (Phi) is 6.89. The summed E-state index contributed by atoms with van der Waals surface area (Å²) in [7, 11) is 0. The van der Waals surface area contributed by atoms with E-state index in [1.807, 2.05) is 0 Å². The van der Waals surface area contributed by atoms with Gasteiger partial charge in [-0.3, -0.25) is 0 Å². The minimum atomic E-state index is 0.614. The molecular weight excluding hydrogens is 364 g/mol. The molecule has 0 aromatic heterocycles. The number of fused-ring (bicyclic) bond motifs is 2. The van der Waals surface area contributed by atoms with Crippen LogP contribution < -0.4 is 4.74 Å². The van der Waals surface area contributed by atoms with Crippen molar-refractivity contribution in [3.8, 4) is 5.75 Å². The predicted octanol–water partition coefficient (Wildman–Crippen LogP) is 7.80. The van der Waals surface area contributed by atoms with Crippen LogP contribution in [0, 0.1) is 0 Å². The molecule has 3 aromatic carbocycles. The fourth-order valence-corrected chi connectivity index (χ4v) is 4.62. The molecule has 0 spiro atoms. The third kappa shape index (κ3) is 4.95. The number of ether oxygens (including phenoxy) is 1. The molecule has 1 heteroatoms. The molecule has 3 aromatic rings. The van der Waals surface area contributed by atoms with Crippen LogP contribution in [0.3, 0.4) is 0 Å². The van der Waals surface area contributed by atoms with Crippen LogP contribution in [0.25, 0.3) is 10.8 Å². The monoisotopic (exact) mass is 398 g/mol. The summed E-state index contributed by atoms with van der Waals surface area (Å²) in [6, 6.07) is 20.8. The first-order valence-electron chi connectivity index (χ1n) is 11.6. The minimum absolute atomic E-state index is 0.614. The number of allylic oxidation sites excluding steroid dienone is 1. The lowest BCUT2D eigenvalue weighted by molar-refractivity contribution is 0.324. The fraction of sp³-hybridized carbons (Fsp3) is 0.379. The number of hydrogen-bond acceptors (Lipinski definition) is 1. The Morgan fingerprint density at radius 1 is 0.967 bits per heavy atom. The van der Waals surface area contributed by atoms with Gasteiger partial charge in [-0.25, -0.2) is 0 Å². The molecule has 0 saturated carbocycles. The molecule has 4 rings (SSSR count). The van der Waals surface area contributed by atoms with E-state index in [-0.39, 0.29) is 0 Å². The van der Waals surface area contributed by atoms with Crippen LogP contribution in [-0.2, 0) is 19.3 Å². The summed E-state index contributed by atoms with van der Waals surface area (Å²) in [5.41, 5.74) is 5.91. The first-order chi connectivity index (χ1) is 14.8. The van der Waals surface area contributed by atoms with Gasteiger partial charge in [-0.15, -0.1) is 0 Å². The highest BCUT2D eigenvalue weighted by molar-refractivity contribution is 5.84. The summed E-state index contributed by atoms with van der Waals surface area (Å²) in [5.74, 6) is 1.63. The lowest BCUT2D eigenvalue weighted by Gasteiger charge is -2.26. The summed E-state index contributed by atoms with van der Waals surface area (Å²) in [6.45, 7) is 5.06. The van der Waals surface area contributed by atoms with Gasteiger partial charge in [0.1, 0.15) is 5.75 Å². The Morgan fingerprint density at radius 3 is 2.70 bits per heavy atom. The smallest absolute Gasteiger partial charge is 0.119 e. The molecule has 156 valence electrons. The number of benzene rings is 3. The van der Waals surface area contributed by atoms with Gasteiger partial charge in [0.2, 0.25) is 0 Å². The van der Waals surface area contributed by atoms with Crippen molar-refractivity contribution in [1.29, 1.82) is 0 Å². The molecule has 1 aliphatic carbocycles. The highest BCUT2D eigenvalue weighted by Gasteiger charge is 2.21. The minimum Gasteiger partial charge on any atom is -0.493 e. The molecule has 0 fully saturated rings. The second kappa shape index (κ2) is 9.98. The zero-order valence-electron chi connectivity index (χ0n) is 18.5. The molecule has 0 aliphatic heterocycles. The molecule has 0 saturated heterocycles. The van der Waals surface area contributed by atoms with Gasteiger partial charge in [0, 0.05) is 0 Å². The maximum Gasteiger partial charge on any atom is 0.119 e. The van der Waals surface area contributed by atoms with Crippen LogP contribution in [0.5, 0.6) is 5.75 Å². The van der Waals surface area contributed by atoms with Crippen LogP contribution in [0.4, 0.5) is 0 Å². The molecule has 30 heavy (non-hydrogen) atoms. The van der Waals surface area contributed by atoms with E-state index in [4.69, 9.17) is 4.74 Å². The molecular formula is C29H34O. The summed E-state index contributed by atoms with van der Waals surface area (Å²) in [6.07, 6.45) is 12.4. The zero-order chi connectivity index (χ0) is 20.8. The average molecular weight is 399 g/mol. The summed E-state index contributed by atoms with van der Waals surface area (Å²) >= 11 is 0. The molecule has 0 N–H and O–H groups in total. The van der Waals surface area contributed by atoms with Gasteiger partial charge in [-0.2, -0.15) is 0 Å². The first kappa shape index (κ1) is 20.7. The van der Waals surface area contributed by atoms with Crippen LogP contribution in [0.1, 0.15) is 67.7 Å². The number of hydrogen-bond donors (Lipinski definition) is 0. The molecule has 0 bridgehead atoms. The Balaban J connectivity index is 1.45. The topological polar surface area (TPSA) is 9.23 Å². The lowest BCUT2D eigenvalue weighted by atomic mass is 9.79. The highest BCUT2D eigenvalue weighted by atomic mass is 16.5. The van der Waals surface area contributed by atoms with Crippen molar-refractivity contribution in [2.24, 2.45) is 0 Å². The SMILES string of the molecule is CC=CCCOc1ccc2c(c1)CCC(c1ccc3cc(CCCC)ccc3c1)C2. The van der Waals surface area contributed by atoms with Gasteiger partial charge >= 0.3 is 0 Å².